The Labute approximate surface area is 440 Å². The molecule has 5 heterocycles. The van der Waals surface area contributed by atoms with E-state index in [4.69, 9.17) is 14.2 Å². The van der Waals surface area contributed by atoms with Crippen LogP contribution in [0.1, 0.15) is 80.5 Å². The standard InChI is InChI=1S/C55H54FN7O10S2/c1-32(2)47(62-28-37-8-4-5-12-41(37)52(62)68)54(70)61-30-40(64)26-43(61)50(66)58-27-36-14-13-35(49-33(3)59-31-75-49)24-45(36)73-22-21-72-20-19-71-18-7-11-34-9-6-10-38-29-63(53(69)46(34)38)48(42-25-39(56)15-16-44(42)65)51(67)60-55-57-17-23-74-55/h4-6,8-10,12-17,23-25,31-32,40,43,47-48,64-65H,18-22,26-30H2,1-3H3,(H,58,66)(H,57,60,67)/t40-,43+,47+,48?/m1/s1. The van der Waals surface area contributed by atoms with Crippen molar-refractivity contribution in [3.63, 3.8) is 0 Å². The number of phenols is 1. The van der Waals surface area contributed by atoms with E-state index in [1.165, 1.54) is 38.7 Å². The maximum Gasteiger partial charge on any atom is 0.256 e. The van der Waals surface area contributed by atoms with Gasteiger partial charge in [0.05, 0.1) is 47.6 Å². The second-order valence-corrected chi connectivity index (χ2v) is 20.3. The van der Waals surface area contributed by atoms with Crippen LogP contribution in [0.2, 0.25) is 0 Å². The van der Waals surface area contributed by atoms with E-state index < -0.39 is 47.8 Å². The molecule has 1 fully saturated rings. The van der Waals surface area contributed by atoms with Crippen molar-refractivity contribution in [3.8, 4) is 33.8 Å². The highest BCUT2D eigenvalue weighted by atomic mass is 32.1. The van der Waals surface area contributed by atoms with Gasteiger partial charge in [-0.1, -0.05) is 68.2 Å². The normalized spacial score (nSPS) is 16.6. The van der Waals surface area contributed by atoms with Crippen molar-refractivity contribution in [2.45, 2.75) is 71.1 Å². The molecule has 0 radical (unpaired) electrons. The third kappa shape index (κ3) is 11.6. The van der Waals surface area contributed by atoms with Crippen molar-refractivity contribution < 1.29 is 52.8 Å². The molecule has 4 atom stereocenters. The molecule has 0 bridgehead atoms. The Morgan fingerprint density at radius 3 is 2.47 bits per heavy atom. The number of phenolic OH excluding ortho intramolecular Hbond substituents is 1. The molecular formula is C55H54FN7O10S2. The zero-order valence-electron chi connectivity index (χ0n) is 41.3. The van der Waals surface area contributed by atoms with Crippen LogP contribution in [0, 0.1) is 30.5 Å². The summed E-state index contributed by atoms with van der Waals surface area (Å²) in [6.45, 7) is 6.80. The number of aromatic hydroxyl groups is 1. The molecule has 6 aromatic rings. The summed E-state index contributed by atoms with van der Waals surface area (Å²) >= 11 is 2.67. The Bertz CT molecular complexity index is 3170. The minimum absolute atomic E-state index is 0.0109. The SMILES string of the molecule is Cc1ncsc1-c1ccc(CNC(=O)[C@@H]2C[C@@H](O)CN2C(=O)[C@H](C(C)C)N2Cc3ccccc3C2=O)c(OCCOCCOCC#Cc2cccc3c2C(=O)N(C(C(=O)Nc2nccs2)c2cc(F)ccc2O)C3)c1. The average Bonchev–Trinajstić information content (AvgIpc) is 4.28. The number of nitrogens with one attached hydrogen (secondary N) is 2. The van der Waals surface area contributed by atoms with Crippen molar-refractivity contribution in [1.82, 2.24) is 30.0 Å². The Morgan fingerprint density at radius 2 is 1.69 bits per heavy atom. The van der Waals surface area contributed by atoms with Gasteiger partial charge in [-0.3, -0.25) is 29.3 Å². The monoisotopic (exact) mass is 1060 g/mol. The van der Waals surface area contributed by atoms with Gasteiger partial charge in [-0.25, -0.2) is 14.4 Å². The summed E-state index contributed by atoms with van der Waals surface area (Å²) in [6, 6.07) is 18.2. The van der Waals surface area contributed by atoms with Crippen LogP contribution in [0.15, 0.2) is 96.0 Å². The average molecular weight is 1060 g/mol. The highest BCUT2D eigenvalue weighted by molar-refractivity contribution is 7.14. The molecule has 17 nitrogen and oxygen atoms in total. The molecule has 3 aliphatic rings. The number of β-amino-alcohol motifs (C(OH)–C–C–N with tert-alkyl or cyclic N) is 1. The molecule has 5 amide bonds. The lowest BCUT2D eigenvalue weighted by atomic mass is 10.0. The molecule has 9 rings (SSSR count). The number of benzene rings is 4. The first kappa shape index (κ1) is 52.3. The second kappa shape index (κ2) is 23.3. The number of nitrogens with zero attached hydrogens (tertiary/aromatic N) is 5. The van der Waals surface area contributed by atoms with Crippen LogP contribution in [0.4, 0.5) is 9.52 Å². The van der Waals surface area contributed by atoms with Crippen molar-refractivity contribution in [2.75, 3.05) is 44.9 Å². The molecule has 3 aliphatic heterocycles. The fraction of sp³-hybridized carbons (Fsp3) is 0.327. The minimum atomic E-state index is -1.38. The predicted molar refractivity (Wildman–Crippen MR) is 277 cm³/mol. The number of hydrogen-bond acceptors (Lipinski definition) is 14. The number of hydrogen-bond donors (Lipinski definition) is 4. The number of anilines is 1. The first-order valence-electron chi connectivity index (χ1n) is 24.3. The molecule has 0 saturated carbocycles. The number of aliphatic hydroxyl groups excluding tert-OH is 1. The number of halogens is 1. The third-order valence-electron chi connectivity index (χ3n) is 13.2. The summed E-state index contributed by atoms with van der Waals surface area (Å²) in [6.07, 6.45) is 0.649. The molecule has 388 valence electrons. The van der Waals surface area contributed by atoms with Crippen molar-refractivity contribution in [3.05, 3.63) is 146 Å². The lowest BCUT2D eigenvalue weighted by Crippen LogP contribution is -2.55. The first-order valence-corrected chi connectivity index (χ1v) is 26.1. The lowest BCUT2D eigenvalue weighted by molar-refractivity contribution is -0.143. The van der Waals surface area contributed by atoms with Gasteiger partial charge in [0, 0.05) is 66.4 Å². The summed E-state index contributed by atoms with van der Waals surface area (Å²) in [5.74, 6) is 2.94. The number of amides is 5. The number of carbonyl (C=O) groups excluding carboxylic acids is 5. The first-order chi connectivity index (χ1) is 36.3. The summed E-state index contributed by atoms with van der Waals surface area (Å²) < 4.78 is 32.3. The van der Waals surface area contributed by atoms with Gasteiger partial charge in [0.2, 0.25) is 11.8 Å². The molecule has 0 spiro atoms. The Kier molecular flexibility index (Phi) is 16.3. The number of carbonyl (C=O) groups is 5. The van der Waals surface area contributed by atoms with Gasteiger partial charge in [0.15, 0.2) is 5.13 Å². The van der Waals surface area contributed by atoms with E-state index in [1.54, 1.807) is 46.1 Å². The fourth-order valence-electron chi connectivity index (χ4n) is 9.65. The van der Waals surface area contributed by atoms with Crippen LogP contribution >= 0.6 is 22.7 Å². The molecule has 20 heteroatoms. The van der Waals surface area contributed by atoms with Gasteiger partial charge in [-0.15, -0.1) is 22.7 Å². The Hall–Kier alpha value is -7.54. The Morgan fingerprint density at radius 1 is 0.907 bits per heavy atom. The topological polar surface area (TPSA) is 213 Å². The van der Waals surface area contributed by atoms with Crippen LogP contribution in [-0.4, -0.2) is 122 Å². The van der Waals surface area contributed by atoms with Crippen LogP contribution in [-0.2, 0) is 43.5 Å². The van der Waals surface area contributed by atoms with Gasteiger partial charge in [0.25, 0.3) is 17.7 Å². The molecule has 1 saturated heterocycles. The van der Waals surface area contributed by atoms with Gasteiger partial charge in [-0.05, 0) is 65.9 Å². The summed E-state index contributed by atoms with van der Waals surface area (Å²) in [4.78, 5) is 83.1. The van der Waals surface area contributed by atoms with E-state index in [1.807, 2.05) is 51.1 Å². The van der Waals surface area contributed by atoms with E-state index >= 15 is 0 Å². The molecule has 1 unspecified atom stereocenters. The highest BCUT2D eigenvalue weighted by Crippen LogP contribution is 2.38. The van der Waals surface area contributed by atoms with Gasteiger partial charge < -0.3 is 44.4 Å². The van der Waals surface area contributed by atoms with Crippen molar-refractivity contribution >= 4 is 57.3 Å². The molecule has 75 heavy (non-hydrogen) atoms. The number of fused-ring (bicyclic) bond motifs is 2. The molecule has 4 aromatic carbocycles. The van der Waals surface area contributed by atoms with E-state index in [0.29, 0.717) is 33.6 Å². The maximum atomic E-state index is 14.5. The molecule has 0 aliphatic carbocycles. The predicted octanol–water partition coefficient (Wildman–Crippen LogP) is 6.48. The molecule has 2 aromatic heterocycles. The Balaban J connectivity index is 0.777. The second-order valence-electron chi connectivity index (χ2n) is 18.5. The summed E-state index contributed by atoms with van der Waals surface area (Å²) in [7, 11) is 0. The quantitative estimate of drug-likeness (QED) is 0.0507. The largest absolute Gasteiger partial charge is 0.508 e. The minimum Gasteiger partial charge on any atom is -0.508 e. The van der Waals surface area contributed by atoms with E-state index in [-0.39, 0.29) is 99.8 Å². The maximum absolute atomic E-state index is 14.5. The number of thiazole rings is 2. The lowest BCUT2D eigenvalue weighted by Gasteiger charge is -2.35. The molecule has 4 N–H and O–H groups in total. The smallest absolute Gasteiger partial charge is 0.256 e. The number of aromatic nitrogens is 2. The van der Waals surface area contributed by atoms with Crippen LogP contribution < -0.4 is 15.4 Å². The number of likely N-dealkylation sites (tertiary alicyclic amines) is 1. The third-order valence-corrected chi connectivity index (χ3v) is 14.9. The van der Waals surface area contributed by atoms with E-state index in [9.17, 15) is 38.6 Å². The summed E-state index contributed by atoms with van der Waals surface area (Å²) in [5.41, 5.74) is 6.83. The number of aliphatic hydroxyl groups is 1. The summed E-state index contributed by atoms with van der Waals surface area (Å²) in [5, 5.41) is 29.1. The van der Waals surface area contributed by atoms with Crippen LogP contribution in [0.3, 0.4) is 0 Å². The zero-order valence-corrected chi connectivity index (χ0v) is 42.9. The van der Waals surface area contributed by atoms with Crippen LogP contribution in [0.25, 0.3) is 10.4 Å². The van der Waals surface area contributed by atoms with E-state index in [0.717, 1.165) is 39.9 Å². The number of ether oxygens (including phenoxy) is 3. The highest BCUT2D eigenvalue weighted by Gasteiger charge is 2.46. The van der Waals surface area contributed by atoms with Crippen molar-refractivity contribution in [1.29, 1.82) is 0 Å². The van der Waals surface area contributed by atoms with Gasteiger partial charge in [0.1, 0.15) is 48.7 Å². The zero-order chi connectivity index (χ0) is 52.8. The number of rotatable bonds is 19. The molecular weight excluding hydrogens is 1000 g/mol. The van der Waals surface area contributed by atoms with E-state index in [2.05, 4.69) is 32.4 Å². The van der Waals surface area contributed by atoms with Gasteiger partial charge >= 0.3 is 0 Å². The van der Waals surface area contributed by atoms with Crippen LogP contribution in [0.5, 0.6) is 11.5 Å². The van der Waals surface area contributed by atoms with Gasteiger partial charge in [-0.2, -0.15) is 0 Å². The fourth-order valence-corrected chi connectivity index (χ4v) is 11.0. The number of aryl methyl sites for hydroxylation is 1. The van der Waals surface area contributed by atoms with Crippen molar-refractivity contribution in [2.24, 2.45) is 5.92 Å².